The Morgan fingerprint density at radius 2 is 1.77 bits per heavy atom. The number of fused-ring (bicyclic) bond motifs is 1. The fourth-order valence-corrected chi connectivity index (χ4v) is 3.23. The minimum Gasteiger partial charge on any atom is -0.390 e. The molecule has 0 heterocycles. The van der Waals surface area contributed by atoms with Crippen LogP contribution in [0.4, 0.5) is 0 Å². The van der Waals surface area contributed by atoms with Gasteiger partial charge < -0.3 is 10.2 Å². The Labute approximate surface area is 80.0 Å². The summed E-state index contributed by atoms with van der Waals surface area (Å²) < 4.78 is 0. The van der Waals surface area contributed by atoms with Crippen molar-refractivity contribution in [1.29, 1.82) is 0 Å². The highest BCUT2D eigenvalue weighted by Crippen LogP contribution is 2.45. The Morgan fingerprint density at radius 3 is 2.54 bits per heavy atom. The molecule has 2 heteroatoms. The molecule has 0 spiro atoms. The minimum absolute atomic E-state index is 0.352. The summed E-state index contributed by atoms with van der Waals surface area (Å²) in [7, 11) is 0. The molecule has 2 aliphatic rings. The number of rotatable bonds is 0. The summed E-state index contributed by atoms with van der Waals surface area (Å²) in [6, 6.07) is 0. The monoisotopic (exact) mass is 184 g/mol. The molecule has 0 aromatic rings. The lowest BCUT2D eigenvalue weighted by molar-refractivity contribution is -0.151. The Hall–Kier alpha value is -0.0800. The second-order valence-corrected chi connectivity index (χ2v) is 4.97. The van der Waals surface area contributed by atoms with Gasteiger partial charge in [-0.05, 0) is 38.0 Å². The first-order valence-corrected chi connectivity index (χ1v) is 5.53. The standard InChI is InChI=1S/C11H20O2/c1-11(13)9-5-3-2-4-8(9)6-7-10(11)12/h8-10,12-13H,2-7H2,1H3/t8-,9+,10+,11+/m0/s1. The third kappa shape index (κ3) is 1.50. The molecule has 2 saturated carbocycles. The summed E-state index contributed by atoms with van der Waals surface area (Å²) in [5, 5.41) is 19.9. The summed E-state index contributed by atoms with van der Waals surface area (Å²) in [5.41, 5.74) is -0.816. The van der Waals surface area contributed by atoms with Crippen molar-refractivity contribution in [3.8, 4) is 0 Å². The SMILES string of the molecule is C[C@]1(O)[C@H](O)CC[C@@H]2CCCC[C@H]21. The van der Waals surface area contributed by atoms with Crippen molar-refractivity contribution >= 4 is 0 Å². The second-order valence-electron chi connectivity index (χ2n) is 4.97. The van der Waals surface area contributed by atoms with Crippen LogP contribution in [0.15, 0.2) is 0 Å². The van der Waals surface area contributed by atoms with Crippen LogP contribution in [0, 0.1) is 11.8 Å². The topological polar surface area (TPSA) is 40.5 Å². The van der Waals surface area contributed by atoms with Gasteiger partial charge in [-0.3, -0.25) is 0 Å². The Morgan fingerprint density at radius 1 is 1.08 bits per heavy atom. The fraction of sp³-hybridized carbons (Fsp3) is 1.00. The molecule has 2 fully saturated rings. The van der Waals surface area contributed by atoms with Gasteiger partial charge in [-0.1, -0.05) is 19.3 Å². The van der Waals surface area contributed by atoms with Crippen LogP contribution in [-0.4, -0.2) is 21.9 Å². The third-order valence-electron chi connectivity index (χ3n) is 4.15. The van der Waals surface area contributed by atoms with E-state index in [9.17, 15) is 10.2 Å². The normalized spacial score (nSPS) is 51.5. The summed E-state index contributed by atoms with van der Waals surface area (Å²) in [4.78, 5) is 0. The van der Waals surface area contributed by atoms with Crippen molar-refractivity contribution in [3.05, 3.63) is 0 Å². The van der Waals surface area contributed by atoms with Gasteiger partial charge in [0.05, 0.1) is 11.7 Å². The molecule has 0 aliphatic heterocycles. The van der Waals surface area contributed by atoms with Gasteiger partial charge in [-0.2, -0.15) is 0 Å². The van der Waals surface area contributed by atoms with Gasteiger partial charge in [0.1, 0.15) is 0 Å². The Kier molecular flexibility index (Phi) is 2.37. The van der Waals surface area contributed by atoms with Gasteiger partial charge >= 0.3 is 0 Å². The molecule has 0 bridgehead atoms. The molecule has 0 unspecified atom stereocenters. The number of hydrogen-bond acceptors (Lipinski definition) is 2. The van der Waals surface area contributed by atoms with E-state index in [0.29, 0.717) is 11.8 Å². The maximum Gasteiger partial charge on any atom is 0.0908 e. The third-order valence-corrected chi connectivity index (χ3v) is 4.15. The van der Waals surface area contributed by atoms with Crippen molar-refractivity contribution in [1.82, 2.24) is 0 Å². The zero-order valence-corrected chi connectivity index (χ0v) is 8.37. The highest BCUT2D eigenvalue weighted by Gasteiger charge is 2.46. The smallest absolute Gasteiger partial charge is 0.0908 e. The zero-order chi connectivity index (χ0) is 9.47. The van der Waals surface area contributed by atoms with E-state index in [-0.39, 0.29) is 0 Å². The van der Waals surface area contributed by atoms with Crippen LogP contribution in [0.1, 0.15) is 45.4 Å². The van der Waals surface area contributed by atoms with E-state index < -0.39 is 11.7 Å². The molecule has 76 valence electrons. The molecular formula is C11H20O2. The molecule has 2 aliphatic carbocycles. The van der Waals surface area contributed by atoms with Crippen LogP contribution < -0.4 is 0 Å². The highest BCUT2D eigenvalue weighted by atomic mass is 16.3. The molecule has 13 heavy (non-hydrogen) atoms. The fourth-order valence-electron chi connectivity index (χ4n) is 3.23. The van der Waals surface area contributed by atoms with Crippen molar-refractivity contribution in [2.75, 3.05) is 0 Å². The molecule has 0 aromatic heterocycles. The van der Waals surface area contributed by atoms with Gasteiger partial charge in [-0.15, -0.1) is 0 Å². The first-order valence-electron chi connectivity index (χ1n) is 5.53. The van der Waals surface area contributed by atoms with E-state index in [1.165, 1.54) is 19.3 Å². The zero-order valence-electron chi connectivity index (χ0n) is 8.37. The maximum absolute atomic E-state index is 10.2. The first-order chi connectivity index (χ1) is 6.12. The summed E-state index contributed by atoms with van der Waals surface area (Å²) in [5.74, 6) is 1.03. The van der Waals surface area contributed by atoms with Gasteiger partial charge in [0, 0.05) is 0 Å². The molecule has 0 saturated heterocycles. The Bertz CT molecular complexity index is 189. The van der Waals surface area contributed by atoms with Crippen molar-refractivity contribution in [2.24, 2.45) is 11.8 Å². The minimum atomic E-state index is -0.816. The van der Waals surface area contributed by atoms with Crippen molar-refractivity contribution < 1.29 is 10.2 Å². The molecule has 2 N–H and O–H groups in total. The molecule has 2 rings (SSSR count). The van der Waals surface area contributed by atoms with E-state index in [0.717, 1.165) is 19.3 Å². The highest BCUT2D eigenvalue weighted by molar-refractivity contribution is 4.98. The molecule has 0 aromatic carbocycles. The van der Waals surface area contributed by atoms with E-state index in [1.54, 1.807) is 0 Å². The van der Waals surface area contributed by atoms with Crippen LogP contribution in [-0.2, 0) is 0 Å². The summed E-state index contributed by atoms with van der Waals surface area (Å²) in [6.07, 6.45) is 6.31. The summed E-state index contributed by atoms with van der Waals surface area (Å²) in [6.45, 7) is 1.82. The molecule has 2 nitrogen and oxygen atoms in total. The van der Waals surface area contributed by atoms with Crippen LogP contribution in [0.25, 0.3) is 0 Å². The predicted molar refractivity (Wildman–Crippen MR) is 51.3 cm³/mol. The largest absolute Gasteiger partial charge is 0.390 e. The number of hydrogen-bond donors (Lipinski definition) is 2. The van der Waals surface area contributed by atoms with E-state index in [2.05, 4.69) is 0 Å². The quantitative estimate of drug-likeness (QED) is 0.601. The van der Waals surface area contributed by atoms with Crippen LogP contribution >= 0.6 is 0 Å². The van der Waals surface area contributed by atoms with Crippen LogP contribution in [0.2, 0.25) is 0 Å². The van der Waals surface area contributed by atoms with Gasteiger partial charge in [0.15, 0.2) is 0 Å². The van der Waals surface area contributed by atoms with Gasteiger partial charge in [0.25, 0.3) is 0 Å². The molecular weight excluding hydrogens is 164 g/mol. The number of aliphatic hydroxyl groups excluding tert-OH is 1. The van der Waals surface area contributed by atoms with E-state index >= 15 is 0 Å². The molecule has 0 amide bonds. The number of aliphatic hydroxyl groups is 2. The van der Waals surface area contributed by atoms with Crippen LogP contribution in [0.5, 0.6) is 0 Å². The van der Waals surface area contributed by atoms with Crippen molar-refractivity contribution in [3.63, 3.8) is 0 Å². The van der Waals surface area contributed by atoms with Gasteiger partial charge in [0.2, 0.25) is 0 Å². The Balaban J connectivity index is 2.14. The second kappa shape index (κ2) is 3.25. The van der Waals surface area contributed by atoms with E-state index in [1.807, 2.05) is 6.92 Å². The van der Waals surface area contributed by atoms with Gasteiger partial charge in [-0.25, -0.2) is 0 Å². The predicted octanol–water partition coefficient (Wildman–Crippen LogP) is 1.70. The van der Waals surface area contributed by atoms with Crippen LogP contribution in [0.3, 0.4) is 0 Å². The lowest BCUT2D eigenvalue weighted by Gasteiger charge is -2.48. The average Bonchev–Trinajstić information content (AvgIpc) is 2.13. The maximum atomic E-state index is 10.2. The first kappa shape index (κ1) is 9.47. The van der Waals surface area contributed by atoms with E-state index in [4.69, 9.17) is 0 Å². The lowest BCUT2D eigenvalue weighted by Crippen LogP contribution is -2.53. The lowest BCUT2D eigenvalue weighted by atomic mass is 9.63. The average molecular weight is 184 g/mol. The molecule has 0 radical (unpaired) electrons. The molecule has 4 atom stereocenters. The van der Waals surface area contributed by atoms with Crippen molar-refractivity contribution in [2.45, 2.75) is 57.2 Å². The summed E-state index contributed by atoms with van der Waals surface area (Å²) >= 11 is 0.